The molecular formula is C14H26N2O3. The molecule has 1 amide bonds. The topological polar surface area (TPSA) is 92.4 Å². The van der Waals surface area contributed by atoms with E-state index in [1.54, 1.807) is 0 Å². The molecule has 110 valence electrons. The zero-order valence-electron chi connectivity index (χ0n) is 11.7. The van der Waals surface area contributed by atoms with E-state index in [1.165, 1.54) is 0 Å². The number of aliphatic carboxylic acids is 1. The largest absolute Gasteiger partial charge is 0.481 e. The number of carboxylic acid groups (broad SMARTS) is 1. The van der Waals surface area contributed by atoms with Gasteiger partial charge in [-0.05, 0) is 19.3 Å². The first-order valence-electron chi connectivity index (χ1n) is 7.35. The maximum absolute atomic E-state index is 12.0. The van der Waals surface area contributed by atoms with E-state index in [0.717, 1.165) is 38.5 Å². The normalized spacial score (nSPS) is 25.4. The molecule has 0 aromatic rings. The van der Waals surface area contributed by atoms with Gasteiger partial charge in [-0.15, -0.1) is 0 Å². The molecule has 1 saturated carbocycles. The number of hydrogen-bond acceptors (Lipinski definition) is 3. The first-order chi connectivity index (χ1) is 9.06. The van der Waals surface area contributed by atoms with Crippen LogP contribution in [0.1, 0.15) is 58.3 Å². The Morgan fingerprint density at radius 1 is 1.32 bits per heavy atom. The molecule has 5 nitrogen and oxygen atoms in total. The molecule has 0 aliphatic heterocycles. The molecule has 1 aliphatic carbocycles. The van der Waals surface area contributed by atoms with Gasteiger partial charge in [0.15, 0.2) is 0 Å². The minimum Gasteiger partial charge on any atom is -0.481 e. The highest BCUT2D eigenvalue weighted by molar-refractivity contribution is 5.82. The summed E-state index contributed by atoms with van der Waals surface area (Å²) in [6, 6.07) is -0.780. The quantitative estimate of drug-likeness (QED) is 0.640. The van der Waals surface area contributed by atoms with E-state index in [2.05, 4.69) is 12.2 Å². The van der Waals surface area contributed by atoms with Crippen LogP contribution in [0.2, 0.25) is 0 Å². The van der Waals surface area contributed by atoms with Gasteiger partial charge in [0, 0.05) is 6.04 Å². The van der Waals surface area contributed by atoms with E-state index in [9.17, 15) is 14.7 Å². The third-order valence-electron chi connectivity index (χ3n) is 3.87. The molecule has 0 spiro atoms. The summed E-state index contributed by atoms with van der Waals surface area (Å²) in [4.78, 5) is 23.2. The van der Waals surface area contributed by atoms with Crippen LogP contribution in [0.15, 0.2) is 0 Å². The van der Waals surface area contributed by atoms with Gasteiger partial charge in [-0.1, -0.05) is 39.0 Å². The lowest BCUT2D eigenvalue weighted by molar-refractivity contribution is -0.143. The second-order valence-electron chi connectivity index (χ2n) is 5.45. The van der Waals surface area contributed by atoms with Crippen LogP contribution in [0.3, 0.4) is 0 Å². The molecule has 0 saturated heterocycles. The Balaban J connectivity index is 2.55. The highest BCUT2D eigenvalue weighted by Crippen LogP contribution is 2.24. The molecule has 1 rings (SSSR count). The van der Waals surface area contributed by atoms with Gasteiger partial charge in [0.25, 0.3) is 0 Å². The van der Waals surface area contributed by atoms with E-state index in [0.29, 0.717) is 12.8 Å². The third kappa shape index (κ3) is 5.19. The number of carbonyl (C=O) groups is 2. The Kier molecular flexibility index (Phi) is 6.84. The van der Waals surface area contributed by atoms with Gasteiger partial charge < -0.3 is 16.2 Å². The summed E-state index contributed by atoms with van der Waals surface area (Å²) < 4.78 is 0. The Morgan fingerprint density at radius 3 is 2.63 bits per heavy atom. The molecule has 0 heterocycles. The zero-order chi connectivity index (χ0) is 14.3. The predicted molar refractivity (Wildman–Crippen MR) is 73.6 cm³/mol. The maximum Gasteiger partial charge on any atom is 0.308 e. The van der Waals surface area contributed by atoms with E-state index in [4.69, 9.17) is 5.73 Å². The number of nitrogens with two attached hydrogens (primary N) is 1. The summed E-state index contributed by atoms with van der Waals surface area (Å²) >= 11 is 0. The third-order valence-corrected chi connectivity index (χ3v) is 3.87. The molecule has 0 aromatic carbocycles. The van der Waals surface area contributed by atoms with Crippen LogP contribution in [-0.4, -0.2) is 29.1 Å². The van der Waals surface area contributed by atoms with E-state index in [-0.39, 0.29) is 11.9 Å². The summed E-state index contributed by atoms with van der Waals surface area (Å²) in [7, 11) is 0. The van der Waals surface area contributed by atoms with Crippen molar-refractivity contribution in [3.8, 4) is 0 Å². The number of rotatable bonds is 6. The van der Waals surface area contributed by atoms with Crippen molar-refractivity contribution in [2.24, 2.45) is 11.7 Å². The standard InChI is InChI=1S/C14H26N2O3/c1-2-3-8-11(15)13(17)16-12-9-6-4-5-7-10(12)14(18)19/h10-12H,2-9,15H2,1H3,(H,16,17)(H,18,19)/t10?,11-,12?/m0/s1. The summed E-state index contributed by atoms with van der Waals surface area (Å²) in [5.74, 6) is -1.48. The average molecular weight is 270 g/mol. The van der Waals surface area contributed by atoms with Crippen molar-refractivity contribution >= 4 is 11.9 Å². The van der Waals surface area contributed by atoms with Crippen molar-refractivity contribution in [1.82, 2.24) is 5.32 Å². The SMILES string of the molecule is CCCC[C@H](N)C(=O)NC1CCCCCC1C(=O)O. The number of carboxylic acids is 1. The predicted octanol–water partition coefficient (Wildman–Crippen LogP) is 1.65. The van der Waals surface area contributed by atoms with Crippen molar-refractivity contribution in [3.63, 3.8) is 0 Å². The summed E-state index contributed by atoms with van der Waals surface area (Å²) in [6.45, 7) is 2.05. The van der Waals surface area contributed by atoms with Crippen LogP contribution in [-0.2, 0) is 9.59 Å². The summed E-state index contributed by atoms with van der Waals surface area (Å²) in [5.41, 5.74) is 5.82. The average Bonchev–Trinajstić information content (AvgIpc) is 2.61. The monoisotopic (exact) mass is 270 g/mol. The fraction of sp³-hybridized carbons (Fsp3) is 0.857. The van der Waals surface area contributed by atoms with Crippen LogP contribution in [0.25, 0.3) is 0 Å². The van der Waals surface area contributed by atoms with Crippen LogP contribution in [0.4, 0.5) is 0 Å². The van der Waals surface area contributed by atoms with Gasteiger partial charge in [-0.3, -0.25) is 9.59 Å². The Bertz CT molecular complexity index is 307. The molecule has 0 aromatic heterocycles. The Labute approximate surface area is 114 Å². The van der Waals surface area contributed by atoms with Crippen molar-refractivity contribution < 1.29 is 14.7 Å². The number of hydrogen-bond donors (Lipinski definition) is 3. The van der Waals surface area contributed by atoms with Gasteiger partial charge >= 0.3 is 5.97 Å². The van der Waals surface area contributed by atoms with Gasteiger partial charge in [0.2, 0.25) is 5.91 Å². The molecule has 1 fully saturated rings. The first kappa shape index (κ1) is 16.0. The summed E-state index contributed by atoms with van der Waals surface area (Å²) in [5, 5.41) is 12.1. The van der Waals surface area contributed by atoms with E-state index in [1.807, 2.05) is 0 Å². The number of carbonyl (C=O) groups excluding carboxylic acids is 1. The molecule has 2 unspecified atom stereocenters. The Hall–Kier alpha value is -1.10. The fourth-order valence-electron chi connectivity index (χ4n) is 2.62. The first-order valence-corrected chi connectivity index (χ1v) is 7.35. The fourth-order valence-corrected chi connectivity index (χ4v) is 2.62. The molecule has 0 radical (unpaired) electrons. The molecule has 1 aliphatic rings. The molecule has 3 atom stereocenters. The zero-order valence-corrected chi connectivity index (χ0v) is 11.7. The maximum atomic E-state index is 12.0. The van der Waals surface area contributed by atoms with Crippen molar-refractivity contribution in [2.45, 2.75) is 70.4 Å². The lowest BCUT2D eigenvalue weighted by Gasteiger charge is -2.24. The number of unbranched alkanes of at least 4 members (excludes halogenated alkanes) is 1. The van der Waals surface area contributed by atoms with Crippen molar-refractivity contribution in [1.29, 1.82) is 0 Å². The van der Waals surface area contributed by atoms with Gasteiger partial charge in [0.1, 0.15) is 0 Å². The second kappa shape index (κ2) is 8.15. The highest BCUT2D eigenvalue weighted by Gasteiger charge is 2.31. The summed E-state index contributed by atoms with van der Waals surface area (Å²) in [6.07, 6.45) is 6.90. The lowest BCUT2D eigenvalue weighted by Crippen LogP contribution is -2.49. The molecule has 4 N–H and O–H groups in total. The molecule has 19 heavy (non-hydrogen) atoms. The Morgan fingerprint density at radius 2 is 2.00 bits per heavy atom. The van der Waals surface area contributed by atoms with Gasteiger partial charge in [-0.25, -0.2) is 0 Å². The van der Waals surface area contributed by atoms with Gasteiger partial charge in [-0.2, -0.15) is 0 Å². The minimum absolute atomic E-state index is 0.202. The molecule has 0 bridgehead atoms. The van der Waals surface area contributed by atoms with Crippen LogP contribution >= 0.6 is 0 Å². The van der Waals surface area contributed by atoms with Crippen LogP contribution in [0, 0.1) is 5.92 Å². The molecular weight excluding hydrogens is 244 g/mol. The minimum atomic E-state index is -0.811. The number of nitrogens with one attached hydrogen (secondary N) is 1. The van der Waals surface area contributed by atoms with E-state index >= 15 is 0 Å². The van der Waals surface area contributed by atoms with Gasteiger partial charge in [0.05, 0.1) is 12.0 Å². The highest BCUT2D eigenvalue weighted by atomic mass is 16.4. The lowest BCUT2D eigenvalue weighted by atomic mass is 9.94. The van der Waals surface area contributed by atoms with Crippen LogP contribution < -0.4 is 11.1 Å². The van der Waals surface area contributed by atoms with Crippen molar-refractivity contribution in [3.05, 3.63) is 0 Å². The smallest absolute Gasteiger partial charge is 0.308 e. The van der Waals surface area contributed by atoms with Crippen LogP contribution in [0.5, 0.6) is 0 Å². The van der Waals surface area contributed by atoms with E-state index < -0.39 is 17.9 Å². The molecule has 5 heteroatoms. The number of amides is 1. The van der Waals surface area contributed by atoms with Crippen molar-refractivity contribution in [2.75, 3.05) is 0 Å². The second-order valence-corrected chi connectivity index (χ2v) is 5.45.